The van der Waals surface area contributed by atoms with E-state index in [-0.39, 0.29) is 23.3 Å². The van der Waals surface area contributed by atoms with E-state index in [4.69, 9.17) is 0 Å². The second-order valence-electron chi connectivity index (χ2n) is 9.00. The third kappa shape index (κ3) is 5.35. The van der Waals surface area contributed by atoms with Crippen LogP contribution in [-0.2, 0) is 11.3 Å². The maximum absolute atomic E-state index is 13.1. The van der Waals surface area contributed by atoms with Gasteiger partial charge in [0.1, 0.15) is 0 Å². The van der Waals surface area contributed by atoms with E-state index in [0.717, 1.165) is 43.5 Å². The minimum Gasteiger partial charge on any atom is -0.355 e. The number of rotatable bonds is 8. The van der Waals surface area contributed by atoms with Crippen LogP contribution in [0, 0.1) is 5.41 Å². The predicted molar refractivity (Wildman–Crippen MR) is 117 cm³/mol. The molecule has 7 nitrogen and oxygen atoms in total. The van der Waals surface area contributed by atoms with Crippen LogP contribution < -0.4 is 15.8 Å². The summed E-state index contributed by atoms with van der Waals surface area (Å²) >= 11 is 0. The van der Waals surface area contributed by atoms with E-state index in [1.807, 2.05) is 38.4 Å². The van der Waals surface area contributed by atoms with Gasteiger partial charge in [-0.25, -0.2) is 4.98 Å². The van der Waals surface area contributed by atoms with E-state index in [0.29, 0.717) is 18.9 Å². The maximum atomic E-state index is 13.1. The number of anilines is 1. The molecule has 0 spiro atoms. The van der Waals surface area contributed by atoms with Gasteiger partial charge in [0.25, 0.3) is 5.56 Å². The summed E-state index contributed by atoms with van der Waals surface area (Å²) in [5, 5.41) is 3.03. The van der Waals surface area contributed by atoms with Gasteiger partial charge in [-0.3, -0.25) is 9.59 Å². The Morgan fingerprint density at radius 3 is 2.59 bits per heavy atom. The number of benzene rings is 1. The molecule has 1 aromatic carbocycles. The number of hydrogen-bond donors (Lipinski definition) is 1. The highest BCUT2D eigenvalue weighted by Gasteiger charge is 2.22. The summed E-state index contributed by atoms with van der Waals surface area (Å²) in [7, 11) is 4.06. The van der Waals surface area contributed by atoms with E-state index in [9.17, 15) is 9.59 Å². The summed E-state index contributed by atoms with van der Waals surface area (Å²) < 4.78 is 1.71. The van der Waals surface area contributed by atoms with Crippen molar-refractivity contribution in [3.8, 4) is 0 Å². The van der Waals surface area contributed by atoms with E-state index < -0.39 is 0 Å². The minimum absolute atomic E-state index is 0.0116. The smallest absolute Gasteiger partial charge is 0.294 e. The van der Waals surface area contributed by atoms with Crippen molar-refractivity contribution in [2.45, 2.75) is 39.7 Å². The molecule has 1 N–H and O–H groups in total. The highest BCUT2D eigenvalue weighted by molar-refractivity contribution is 5.78. The zero-order valence-corrected chi connectivity index (χ0v) is 18.1. The van der Waals surface area contributed by atoms with Crippen LogP contribution in [0.4, 0.5) is 5.82 Å². The summed E-state index contributed by atoms with van der Waals surface area (Å²) in [6.07, 6.45) is 2.43. The summed E-state index contributed by atoms with van der Waals surface area (Å²) in [5.74, 6) is 0.473. The van der Waals surface area contributed by atoms with Gasteiger partial charge in [-0.1, -0.05) is 26.0 Å². The number of aryl methyl sites for hydroxylation is 1. The normalized spacial score (nSPS) is 14.7. The van der Waals surface area contributed by atoms with E-state index in [1.54, 1.807) is 4.57 Å². The molecule has 1 saturated heterocycles. The molecule has 1 aromatic heterocycles. The third-order valence-corrected chi connectivity index (χ3v) is 5.31. The summed E-state index contributed by atoms with van der Waals surface area (Å²) in [5.41, 5.74) is 1.46. The van der Waals surface area contributed by atoms with E-state index in [1.165, 1.54) is 0 Å². The monoisotopic (exact) mass is 399 g/mol. The number of amides is 1. The second kappa shape index (κ2) is 8.95. The van der Waals surface area contributed by atoms with Crippen LogP contribution in [0.5, 0.6) is 0 Å². The highest BCUT2D eigenvalue weighted by Crippen LogP contribution is 2.19. The Morgan fingerprint density at radius 1 is 1.21 bits per heavy atom. The van der Waals surface area contributed by atoms with Gasteiger partial charge >= 0.3 is 0 Å². The largest absolute Gasteiger partial charge is 0.355 e. The van der Waals surface area contributed by atoms with Crippen LogP contribution >= 0.6 is 0 Å². The molecule has 1 aliphatic heterocycles. The molecule has 29 heavy (non-hydrogen) atoms. The van der Waals surface area contributed by atoms with Crippen LogP contribution in [0.25, 0.3) is 11.0 Å². The summed E-state index contributed by atoms with van der Waals surface area (Å²) in [6.45, 7) is 7.84. The minimum atomic E-state index is -0.105. The number of nitrogens with zero attached hydrogens (tertiary/aromatic N) is 4. The van der Waals surface area contributed by atoms with Crippen molar-refractivity contribution in [2.24, 2.45) is 5.41 Å². The Labute approximate surface area is 172 Å². The highest BCUT2D eigenvalue weighted by atomic mass is 16.2. The van der Waals surface area contributed by atoms with Crippen LogP contribution in [0.3, 0.4) is 0 Å². The number of fused-ring (bicyclic) bond motifs is 1. The molecule has 2 heterocycles. The second-order valence-corrected chi connectivity index (χ2v) is 9.00. The van der Waals surface area contributed by atoms with Crippen LogP contribution in [0.1, 0.15) is 33.1 Å². The van der Waals surface area contributed by atoms with Gasteiger partial charge in [0.15, 0.2) is 5.82 Å². The predicted octanol–water partition coefficient (Wildman–Crippen LogP) is 2.09. The first kappa shape index (κ1) is 21.3. The lowest BCUT2D eigenvalue weighted by molar-refractivity contribution is -0.121. The Kier molecular flexibility index (Phi) is 6.57. The van der Waals surface area contributed by atoms with Gasteiger partial charge in [-0.05, 0) is 44.5 Å². The molecule has 0 bridgehead atoms. The first-order chi connectivity index (χ1) is 13.8. The number of carbonyl (C=O) groups is 1. The first-order valence-electron chi connectivity index (χ1n) is 10.4. The molecule has 3 rings (SSSR count). The van der Waals surface area contributed by atoms with Crippen LogP contribution in [0.15, 0.2) is 29.1 Å². The molecule has 0 saturated carbocycles. The molecule has 1 amide bonds. The van der Waals surface area contributed by atoms with Crippen molar-refractivity contribution in [1.29, 1.82) is 0 Å². The van der Waals surface area contributed by atoms with Gasteiger partial charge in [0.2, 0.25) is 5.91 Å². The van der Waals surface area contributed by atoms with Crippen molar-refractivity contribution in [2.75, 3.05) is 45.2 Å². The fourth-order valence-electron chi connectivity index (χ4n) is 4.09. The molecular formula is C22H33N5O2. The lowest BCUT2D eigenvalue weighted by Gasteiger charge is -2.28. The SMILES string of the molecule is CN(C)CC(C)(C)CNC(=O)CCn1c(=O)c(N2CCCC2)nc2ccccc21. The summed E-state index contributed by atoms with van der Waals surface area (Å²) in [4.78, 5) is 34.4. The standard InChI is InChI=1S/C22H33N5O2/c1-22(2,16-25(3)4)15-23-19(28)11-14-27-18-10-6-5-9-17(18)24-20(21(27)29)26-12-7-8-13-26/h5-6,9-10H,7-8,11-16H2,1-4H3,(H,23,28). The summed E-state index contributed by atoms with van der Waals surface area (Å²) in [6, 6.07) is 7.65. The van der Waals surface area contributed by atoms with Gasteiger partial charge < -0.3 is 19.7 Å². The Morgan fingerprint density at radius 2 is 1.90 bits per heavy atom. The molecule has 7 heteroatoms. The number of hydrogen-bond acceptors (Lipinski definition) is 5. The average molecular weight is 400 g/mol. The van der Waals surface area contributed by atoms with E-state index >= 15 is 0 Å². The molecule has 0 radical (unpaired) electrons. The Balaban J connectivity index is 1.74. The molecule has 0 atom stereocenters. The van der Waals surface area contributed by atoms with Crippen molar-refractivity contribution >= 4 is 22.8 Å². The van der Waals surface area contributed by atoms with Gasteiger partial charge in [0.05, 0.1) is 11.0 Å². The Bertz CT molecular complexity index is 913. The van der Waals surface area contributed by atoms with Crippen molar-refractivity contribution in [1.82, 2.24) is 19.8 Å². The van der Waals surface area contributed by atoms with Crippen molar-refractivity contribution < 1.29 is 4.79 Å². The molecule has 1 aliphatic rings. The van der Waals surface area contributed by atoms with Gasteiger partial charge in [-0.15, -0.1) is 0 Å². The fourth-order valence-corrected chi connectivity index (χ4v) is 4.09. The zero-order valence-electron chi connectivity index (χ0n) is 18.1. The lowest BCUT2D eigenvalue weighted by Crippen LogP contribution is -2.40. The van der Waals surface area contributed by atoms with Crippen molar-refractivity contribution in [3.63, 3.8) is 0 Å². The lowest BCUT2D eigenvalue weighted by atomic mass is 9.93. The quantitative estimate of drug-likeness (QED) is 0.736. The molecular weight excluding hydrogens is 366 g/mol. The molecule has 1 fully saturated rings. The van der Waals surface area contributed by atoms with Crippen molar-refractivity contribution in [3.05, 3.63) is 34.6 Å². The number of carbonyl (C=O) groups excluding carboxylic acids is 1. The fraction of sp³-hybridized carbons (Fsp3) is 0.591. The van der Waals surface area contributed by atoms with Crippen LogP contribution in [-0.4, -0.2) is 60.6 Å². The van der Waals surface area contributed by atoms with Gasteiger partial charge in [-0.2, -0.15) is 0 Å². The molecule has 158 valence electrons. The first-order valence-corrected chi connectivity index (χ1v) is 10.4. The maximum Gasteiger partial charge on any atom is 0.294 e. The Hall–Kier alpha value is -2.41. The van der Waals surface area contributed by atoms with Gasteiger partial charge in [0, 0.05) is 39.1 Å². The molecule has 0 aliphatic carbocycles. The third-order valence-electron chi connectivity index (χ3n) is 5.31. The molecule has 2 aromatic rings. The average Bonchev–Trinajstić information content (AvgIpc) is 3.19. The number of aromatic nitrogens is 2. The van der Waals surface area contributed by atoms with Crippen LogP contribution in [0.2, 0.25) is 0 Å². The molecule has 0 unspecified atom stereocenters. The number of para-hydroxylation sites is 2. The number of nitrogens with one attached hydrogen (secondary N) is 1. The zero-order chi connectivity index (χ0) is 21.0. The van der Waals surface area contributed by atoms with E-state index in [2.05, 4.69) is 33.9 Å². The topological polar surface area (TPSA) is 70.5 Å².